The standard InChI is InChI=1S/C17H19N/c1-17-11-12-6-5-9-14(17)15(17)10-16(12)18-13-7-3-2-4-8-13/h2-4,7-8,10,14,18H,5-6,9,11H2,1H3. The predicted molar refractivity (Wildman–Crippen MR) is 75.2 cm³/mol. The van der Waals surface area contributed by atoms with Gasteiger partial charge in [-0.15, -0.1) is 0 Å². The van der Waals surface area contributed by atoms with Crippen LogP contribution in [0.25, 0.3) is 0 Å². The molecule has 1 nitrogen and oxygen atoms in total. The Balaban J connectivity index is 1.68. The molecule has 0 aliphatic heterocycles. The van der Waals surface area contributed by atoms with E-state index in [-0.39, 0.29) is 0 Å². The van der Waals surface area contributed by atoms with Crippen LogP contribution in [0.1, 0.15) is 32.6 Å². The topological polar surface area (TPSA) is 12.0 Å². The zero-order valence-electron chi connectivity index (χ0n) is 10.9. The molecule has 1 heteroatoms. The fourth-order valence-electron chi connectivity index (χ4n) is 3.90. The zero-order chi connectivity index (χ0) is 12.2. The molecule has 0 aromatic heterocycles. The van der Waals surface area contributed by atoms with E-state index < -0.39 is 0 Å². The number of hydrogen-bond donors (Lipinski definition) is 1. The highest BCUT2D eigenvalue weighted by Crippen LogP contribution is 2.67. The highest BCUT2D eigenvalue weighted by Gasteiger charge is 2.57. The first kappa shape index (κ1) is 10.4. The quantitative estimate of drug-likeness (QED) is 0.798. The summed E-state index contributed by atoms with van der Waals surface area (Å²) in [6.07, 6.45) is 7.79. The number of rotatable bonds is 2. The molecular formula is C17H19N. The van der Waals surface area contributed by atoms with Gasteiger partial charge in [-0.3, -0.25) is 0 Å². The molecule has 3 aliphatic rings. The lowest BCUT2D eigenvalue weighted by molar-refractivity contribution is 0.506. The van der Waals surface area contributed by atoms with Gasteiger partial charge in [-0.2, -0.15) is 0 Å². The van der Waals surface area contributed by atoms with Gasteiger partial charge in [-0.05, 0) is 60.8 Å². The molecule has 1 aromatic rings. The van der Waals surface area contributed by atoms with Crippen LogP contribution >= 0.6 is 0 Å². The van der Waals surface area contributed by atoms with Crippen molar-refractivity contribution < 1.29 is 0 Å². The van der Waals surface area contributed by atoms with E-state index in [1.807, 2.05) is 0 Å². The van der Waals surface area contributed by atoms with Gasteiger partial charge in [0.1, 0.15) is 0 Å². The molecule has 18 heavy (non-hydrogen) atoms. The number of anilines is 1. The highest BCUT2D eigenvalue weighted by atomic mass is 14.9. The van der Waals surface area contributed by atoms with Crippen LogP contribution in [0, 0.1) is 11.3 Å². The lowest BCUT2D eigenvalue weighted by Gasteiger charge is -2.20. The summed E-state index contributed by atoms with van der Waals surface area (Å²) in [7, 11) is 0. The van der Waals surface area contributed by atoms with Gasteiger partial charge in [0.25, 0.3) is 0 Å². The summed E-state index contributed by atoms with van der Waals surface area (Å²) in [6.45, 7) is 2.45. The Kier molecular flexibility index (Phi) is 2.03. The van der Waals surface area contributed by atoms with Gasteiger partial charge < -0.3 is 5.32 Å². The maximum Gasteiger partial charge on any atom is 0.0384 e. The van der Waals surface area contributed by atoms with E-state index in [1.165, 1.54) is 37.1 Å². The normalized spacial score (nSPS) is 32.7. The smallest absolute Gasteiger partial charge is 0.0384 e. The van der Waals surface area contributed by atoms with Crippen LogP contribution in [0.3, 0.4) is 0 Å². The molecule has 2 saturated carbocycles. The largest absolute Gasteiger partial charge is 0.356 e. The molecule has 2 atom stereocenters. The Bertz CT molecular complexity index is 552. The lowest BCUT2D eigenvalue weighted by atomic mass is 9.90. The fraction of sp³-hybridized carbons (Fsp3) is 0.412. The second-order valence-corrected chi connectivity index (χ2v) is 6.15. The summed E-state index contributed by atoms with van der Waals surface area (Å²) in [5, 5.41) is 3.61. The molecule has 92 valence electrons. The van der Waals surface area contributed by atoms with Crippen LogP contribution in [-0.2, 0) is 0 Å². The van der Waals surface area contributed by atoms with E-state index in [0.717, 1.165) is 5.92 Å². The molecule has 4 rings (SSSR count). The zero-order valence-corrected chi connectivity index (χ0v) is 10.9. The van der Waals surface area contributed by atoms with Crippen LogP contribution in [0.2, 0.25) is 0 Å². The van der Waals surface area contributed by atoms with Crippen molar-refractivity contribution in [3.63, 3.8) is 0 Å². The van der Waals surface area contributed by atoms with Gasteiger partial charge in [-0.1, -0.05) is 30.7 Å². The third-order valence-electron chi connectivity index (χ3n) is 5.01. The van der Waals surface area contributed by atoms with Gasteiger partial charge in [0.2, 0.25) is 0 Å². The maximum atomic E-state index is 3.61. The maximum absolute atomic E-state index is 3.61. The van der Waals surface area contributed by atoms with E-state index in [0.29, 0.717) is 5.41 Å². The van der Waals surface area contributed by atoms with E-state index in [2.05, 4.69) is 48.6 Å². The summed E-state index contributed by atoms with van der Waals surface area (Å²) in [6, 6.07) is 10.5. The third kappa shape index (κ3) is 1.40. The van der Waals surface area contributed by atoms with Gasteiger partial charge in [0.05, 0.1) is 0 Å². The monoisotopic (exact) mass is 237 g/mol. The number of para-hydroxylation sites is 1. The summed E-state index contributed by atoms with van der Waals surface area (Å²) in [4.78, 5) is 0. The van der Waals surface area contributed by atoms with Crippen LogP contribution in [-0.4, -0.2) is 0 Å². The lowest BCUT2D eigenvalue weighted by Crippen LogP contribution is -2.09. The molecular weight excluding hydrogens is 218 g/mol. The highest BCUT2D eigenvalue weighted by molar-refractivity contribution is 5.58. The average Bonchev–Trinajstić information content (AvgIpc) is 2.97. The second-order valence-electron chi connectivity index (χ2n) is 6.15. The average molecular weight is 237 g/mol. The van der Waals surface area contributed by atoms with Gasteiger partial charge in [0.15, 0.2) is 0 Å². The Morgan fingerprint density at radius 2 is 2.06 bits per heavy atom. The summed E-state index contributed by atoms with van der Waals surface area (Å²) < 4.78 is 0. The Labute approximate surface area is 109 Å². The first-order valence-electron chi connectivity index (χ1n) is 7.03. The van der Waals surface area contributed by atoms with Crippen molar-refractivity contribution in [1.82, 2.24) is 0 Å². The molecule has 3 aliphatic carbocycles. The number of nitrogens with one attached hydrogen (secondary N) is 1. The van der Waals surface area contributed by atoms with Crippen LogP contribution in [0.15, 0.2) is 53.3 Å². The molecule has 2 fully saturated rings. The van der Waals surface area contributed by atoms with E-state index >= 15 is 0 Å². The van der Waals surface area contributed by atoms with Crippen molar-refractivity contribution in [3.05, 3.63) is 53.3 Å². The van der Waals surface area contributed by atoms with E-state index in [1.54, 1.807) is 11.1 Å². The van der Waals surface area contributed by atoms with Crippen LogP contribution in [0.4, 0.5) is 5.69 Å². The first-order valence-corrected chi connectivity index (χ1v) is 7.03. The summed E-state index contributed by atoms with van der Waals surface area (Å²) in [5.41, 5.74) is 6.47. The number of allylic oxidation sites excluding steroid dienone is 3. The molecule has 0 spiro atoms. The van der Waals surface area contributed by atoms with E-state index in [4.69, 9.17) is 0 Å². The van der Waals surface area contributed by atoms with Crippen molar-refractivity contribution in [2.75, 3.05) is 5.32 Å². The van der Waals surface area contributed by atoms with Crippen molar-refractivity contribution >= 4 is 5.69 Å². The number of benzene rings is 1. The molecule has 0 heterocycles. The van der Waals surface area contributed by atoms with Crippen molar-refractivity contribution in [2.45, 2.75) is 32.6 Å². The van der Waals surface area contributed by atoms with Crippen LogP contribution in [0.5, 0.6) is 0 Å². The molecule has 2 unspecified atom stereocenters. The predicted octanol–water partition coefficient (Wildman–Crippen LogP) is 4.50. The Morgan fingerprint density at radius 1 is 1.22 bits per heavy atom. The van der Waals surface area contributed by atoms with Crippen molar-refractivity contribution in [2.24, 2.45) is 11.3 Å². The molecule has 1 aromatic carbocycles. The third-order valence-corrected chi connectivity index (χ3v) is 5.01. The first-order chi connectivity index (χ1) is 8.77. The summed E-state index contributed by atoms with van der Waals surface area (Å²) >= 11 is 0. The Hall–Kier alpha value is -1.50. The SMILES string of the molecule is CC12CC3=C(Nc4ccccc4)C=C1C2CCC3. The van der Waals surface area contributed by atoms with Gasteiger partial charge >= 0.3 is 0 Å². The van der Waals surface area contributed by atoms with E-state index in [9.17, 15) is 0 Å². The number of hydrogen-bond acceptors (Lipinski definition) is 1. The minimum absolute atomic E-state index is 0.535. The minimum atomic E-state index is 0.535. The minimum Gasteiger partial charge on any atom is -0.356 e. The molecule has 0 saturated heterocycles. The summed E-state index contributed by atoms with van der Waals surface area (Å²) in [5.74, 6) is 0.880. The molecule has 0 radical (unpaired) electrons. The Morgan fingerprint density at radius 3 is 2.89 bits per heavy atom. The second kappa shape index (κ2) is 3.50. The van der Waals surface area contributed by atoms with Crippen molar-refractivity contribution in [3.8, 4) is 0 Å². The fourth-order valence-corrected chi connectivity index (χ4v) is 3.90. The van der Waals surface area contributed by atoms with Crippen molar-refractivity contribution in [1.29, 1.82) is 0 Å². The number of fused-ring (bicyclic) bond motifs is 2. The molecule has 1 N–H and O–H groups in total. The van der Waals surface area contributed by atoms with Gasteiger partial charge in [0, 0.05) is 11.4 Å². The van der Waals surface area contributed by atoms with Crippen LogP contribution < -0.4 is 5.32 Å². The molecule has 0 amide bonds. The molecule has 2 bridgehead atoms. The van der Waals surface area contributed by atoms with Gasteiger partial charge in [-0.25, -0.2) is 0 Å².